The molecule has 0 amide bonds. The van der Waals surface area contributed by atoms with Gasteiger partial charge in [0.15, 0.2) is 5.65 Å². The van der Waals surface area contributed by atoms with Gasteiger partial charge in [0, 0.05) is 23.6 Å². The highest BCUT2D eigenvalue weighted by Crippen LogP contribution is 2.30. The van der Waals surface area contributed by atoms with Gasteiger partial charge in [-0.25, -0.2) is 0 Å². The van der Waals surface area contributed by atoms with Gasteiger partial charge in [0.2, 0.25) is 5.95 Å². The summed E-state index contributed by atoms with van der Waals surface area (Å²) in [6, 6.07) is 16.8. The molecular formula is C25H29N7. The van der Waals surface area contributed by atoms with E-state index in [4.69, 9.17) is 4.98 Å². The predicted octanol–water partition coefficient (Wildman–Crippen LogP) is 5.27. The van der Waals surface area contributed by atoms with Gasteiger partial charge in [-0.15, -0.1) is 0 Å². The van der Waals surface area contributed by atoms with Crippen LogP contribution in [-0.2, 0) is 0 Å². The molecule has 1 fully saturated rings. The number of rotatable bonds is 6. The first kappa shape index (κ1) is 20.5. The minimum Gasteiger partial charge on any atom is -0.339 e. The van der Waals surface area contributed by atoms with Gasteiger partial charge >= 0.3 is 0 Å². The second-order valence-corrected chi connectivity index (χ2v) is 8.51. The van der Waals surface area contributed by atoms with Crippen molar-refractivity contribution in [3.05, 3.63) is 65.4 Å². The lowest BCUT2D eigenvalue weighted by molar-refractivity contribution is 0.354. The van der Waals surface area contributed by atoms with E-state index in [1.165, 1.54) is 18.5 Å². The van der Waals surface area contributed by atoms with Crippen LogP contribution in [0.3, 0.4) is 0 Å². The van der Waals surface area contributed by atoms with E-state index in [1.54, 1.807) is 0 Å². The summed E-state index contributed by atoms with van der Waals surface area (Å²) in [4.78, 5) is 11.9. The van der Waals surface area contributed by atoms with Crippen molar-refractivity contribution in [2.45, 2.75) is 33.1 Å². The third-order valence-corrected chi connectivity index (χ3v) is 6.35. The summed E-state index contributed by atoms with van der Waals surface area (Å²) >= 11 is 0. The Morgan fingerprint density at radius 1 is 1.03 bits per heavy atom. The van der Waals surface area contributed by atoms with Gasteiger partial charge < -0.3 is 15.5 Å². The first-order chi connectivity index (χ1) is 15.6. The smallest absolute Gasteiger partial charge is 0.231 e. The van der Waals surface area contributed by atoms with Gasteiger partial charge in [-0.05, 0) is 68.6 Å². The fourth-order valence-corrected chi connectivity index (χ4v) is 4.41. The maximum atomic E-state index is 4.79. The number of nitrogens with one attached hydrogen (secondary N) is 3. The lowest BCUT2D eigenvalue weighted by Gasteiger charge is -2.14. The summed E-state index contributed by atoms with van der Waals surface area (Å²) in [5, 5.41) is 15.1. The van der Waals surface area contributed by atoms with Crippen molar-refractivity contribution < 1.29 is 0 Å². The standard InChI is InChI=1S/C25H29N7/c1-4-32-14-13-19(15-32)18-9-11-20(12-10-18)26-25-28-23(22-17(3)30-31-24(22)29-25)27-21-8-6-5-7-16(21)2/h5-12,19H,4,13-15H2,1-3H3,(H3,26,27,28,29,30,31). The number of hydrogen-bond donors (Lipinski definition) is 3. The highest BCUT2D eigenvalue weighted by molar-refractivity contribution is 5.92. The van der Waals surface area contributed by atoms with E-state index in [0.29, 0.717) is 17.5 Å². The molecule has 0 aliphatic carbocycles. The molecule has 2 aromatic heterocycles. The van der Waals surface area contributed by atoms with Crippen molar-refractivity contribution >= 4 is 34.2 Å². The molecule has 7 nitrogen and oxygen atoms in total. The highest BCUT2D eigenvalue weighted by atomic mass is 15.2. The van der Waals surface area contributed by atoms with Crippen LogP contribution in [0, 0.1) is 13.8 Å². The van der Waals surface area contributed by atoms with Crippen LogP contribution in [-0.4, -0.2) is 44.7 Å². The van der Waals surface area contributed by atoms with Crippen LogP contribution in [0.5, 0.6) is 0 Å². The summed E-state index contributed by atoms with van der Waals surface area (Å²) in [7, 11) is 0. The minimum atomic E-state index is 0.519. The average Bonchev–Trinajstić information content (AvgIpc) is 3.43. The van der Waals surface area contributed by atoms with Crippen LogP contribution in [0.25, 0.3) is 11.0 Å². The summed E-state index contributed by atoms with van der Waals surface area (Å²) in [5.41, 5.74) is 6.10. The Morgan fingerprint density at radius 3 is 2.59 bits per heavy atom. The van der Waals surface area contributed by atoms with Crippen molar-refractivity contribution in [2.24, 2.45) is 0 Å². The molecule has 1 aliphatic heterocycles. The van der Waals surface area contributed by atoms with Gasteiger partial charge in [0.25, 0.3) is 0 Å². The van der Waals surface area contributed by atoms with Crippen LogP contribution < -0.4 is 10.6 Å². The molecule has 0 radical (unpaired) electrons. The molecule has 1 unspecified atom stereocenters. The number of aromatic nitrogens is 4. The van der Waals surface area contributed by atoms with Crippen LogP contribution >= 0.6 is 0 Å². The molecule has 3 heterocycles. The number of aromatic amines is 1. The van der Waals surface area contributed by atoms with E-state index in [1.807, 2.05) is 25.1 Å². The zero-order chi connectivity index (χ0) is 22.1. The molecule has 32 heavy (non-hydrogen) atoms. The van der Waals surface area contributed by atoms with E-state index < -0.39 is 0 Å². The SMILES string of the molecule is CCN1CCC(c2ccc(Nc3nc(Nc4ccccc4C)c4c(C)[nH]nc4n3)cc2)C1. The molecule has 0 bridgehead atoms. The average molecular weight is 428 g/mol. The van der Waals surface area contributed by atoms with E-state index in [9.17, 15) is 0 Å². The van der Waals surface area contributed by atoms with Crippen molar-refractivity contribution in [3.63, 3.8) is 0 Å². The van der Waals surface area contributed by atoms with Gasteiger partial charge in [0.05, 0.1) is 5.39 Å². The second-order valence-electron chi connectivity index (χ2n) is 8.51. The van der Waals surface area contributed by atoms with Crippen LogP contribution in [0.1, 0.15) is 36.1 Å². The molecule has 4 aromatic rings. The molecular weight excluding hydrogens is 398 g/mol. The van der Waals surface area contributed by atoms with E-state index in [0.717, 1.165) is 46.9 Å². The fourth-order valence-electron chi connectivity index (χ4n) is 4.41. The van der Waals surface area contributed by atoms with E-state index >= 15 is 0 Å². The molecule has 7 heteroatoms. The first-order valence-corrected chi connectivity index (χ1v) is 11.3. The van der Waals surface area contributed by atoms with Gasteiger partial charge in [-0.2, -0.15) is 15.1 Å². The van der Waals surface area contributed by atoms with Gasteiger partial charge in [-0.1, -0.05) is 37.3 Å². The Morgan fingerprint density at radius 2 is 1.84 bits per heavy atom. The normalized spacial score (nSPS) is 16.5. The molecule has 3 N–H and O–H groups in total. The summed E-state index contributed by atoms with van der Waals surface area (Å²) in [5.74, 6) is 1.87. The second kappa shape index (κ2) is 8.59. The maximum absolute atomic E-state index is 4.79. The van der Waals surface area contributed by atoms with Crippen molar-refractivity contribution in [1.82, 2.24) is 25.1 Å². The summed E-state index contributed by atoms with van der Waals surface area (Å²) in [6.45, 7) is 9.75. The van der Waals surface area contributed by atoms with E-state index in [2.05, 4.69) is 74.9 Å². The molecule has 0 saturated carbocycles. The largest absolute Gasteiger partial charge is 0.339 e. The Labute approximate surface area is 188 Å². The topological polar surface area (TPSA) is 81.8 Å². The fraction of sp³-hybridized carbons (Fsp3) is 0.320. The zero-order valence-corrected chi connectivity index (χ0v) is 18.8. The third kappa shape index (κ3) is 4.03. The quantitative estimate of drug-likeness (QED) is 0.389. The lowest BCUT2D eigenvalue weighted by Crippen LogP contribution is -2.19. The molecule has 5 rings (SSSR count). The van der Waals surface area contributed by atoms with Crippen molar-refractivity contribution in [3.8, 4) is 0 Å². The Hall–Kier alpha value is -3.45. The van der Waals surface area contributed by atoms with Crippen LogP contribution in [0.15, 0.2) is 48.5 Å². The number of fused-ring (bicyclic) bond motifs is 1. The number of para-hydroxylation sites is 1. The Balaban J connectivity index is 1.40. The summed E-state index contributed by atoms with van der Waals surface area (Å²) in [6.07, 6.45) is 1.23. The number of likely N-dealkylation sites (tertiary alicyclic amines) is 1. The number of nitrogens with zero attached hydrogens (tertiary/aromatic N) is 4. The lowest BCUT2D eigenvalue weighted by atomic mass is 9.98. The molecule has 2 aromatic carbocycles. The number of H-pyrrole nitrogens is 1. The van der Waals surface area contributed by atoms with E-state index in [-0.39, 0.29) is 0 Å². The summed E-state index contributed by atoms with van der Waals surface area (Å²) < 4.78 is 0. The molecule has 164 valence electrons. The maximum Gasteiger partial charge on any atom is 0.231 e. The Kier molecular flexibility index (Phi) is 5.49. The molecule has 0 spiro atoms. The number of anilines is 4. The molecule has 1 saturated heterocycles. The highest BCUT2D eigenvalue weighted by Gasteiger charge is 2.22. The number of likely N-dealkylation sites (N-methyl/N-ethyl adjacent to an activating group) is 1. The zero-order valence-electron chi connectivity index (χ0n) is 18.8. The monoisotopic (exact) mass is 427 g/mol. The predicted molar refractivity (Wildman–Crippen MR) is 130 cm³/mol. The molecule has 1 aliphatic rings. The number of benzene rings is 2. The van der Waals surface area contributed by atoms with Crippen molar-refractivity contribution in [2.75, 3.05) is 30.3 Å². The number of aryl methyl sites for hydroxylation is 2. The van der Waals surface area contributed by atoms with Crippen LogP contribution in [0.4, 0.5) is 23.1 Å². The van der Waals surface area contributed by atoms with Crippen LogP contribution in [0.2, 0.25) is 0 Å². The van der Waals surface area contributed by atoms with Gasteiger partial charge in [-0.3, -0.25) is 5.10 Å². The number of hydrogen-bond acceptors (Lipinski definition) is 6. The Bertz CT molecular complexity index is 1230. The first-order valence-electron chi connectivity index (χ1n) is 11.3. The van der Waals surface area contributed by atoms with Crippen molar-refractivity contribution in [1.29, 1.82) is 0 Å². The van der Waals surface area contributed by atoms with Gasteiger partial charge in [0.1, 0.15) is 5.82 Å². The molecule has 1 atom stereocenters. The third-order valence-electron chi connectivity index (χ3n) is 6.35. The minimum absolute atomic E-state index is 0.519.